The van der Waals surface area contributed by atoms with Gasteiger partial charge in [0.15, 0.2) is 0 Å². The molecule has 3 N–H and O–H groups in total. The van der Waals surface area contributed by atoms with Crippen molar-refractivity contribution in [3.63, 3.8) is 0 Å². The van der Waals surface area contributed by atoms with E-state index in [9.17, 15) is 9.59 Å². The van der Waals surface area contributed by atoms with Gasteiger partial charge in [-0.05, 0) is 43.3 Å². The van der Waals surface area contributed by atoms with Crippen molar-refractivity contribution >= 4 is 40.3 Å². The molecule has 0 aliphatic carbocycles. The van der Waals surface area contributed by atoms with E-state index < -0.39 is 5.91 Å². The first-order valence-corrected chi connectivity index (χ1v) is 10.5. The van der Waals surface area contributed by atoms with Gasteiger partial charge in [-0.3, -0.25) is 14.6 Å². The van der Waals surface area contributed by atoms with Crippen LogP contribution in [-0.4, -0.2) is 46.2 Å². The fourth-order valence-corrected chi connectivity index (χ4v) is 3.34. The molecule has 1 aliphatic heterocycles. The molecule has 0 saturated heterocycles. The SMILES string of the molecule is C=CCN1N=C(SCC(=O)Nc2ccc(C(N)=O)cc2)N=C(Oc2ccccc2)C1C. The molecule has 3 rings (SSSR count). The summed E-state index contributed by atoms with van der Waals surface area (Å²) in [5.74, 6) is 0.528. The highest BCUT2D eigenvalue weighted by Gasteiger charge is 2.26. The van der Waals surface area contributed by atoms with Gasteiger partial charge in [0, 0.05) is 11.3 Å². The van der Waals surface area contributed by atoms with Gasteiger partial charge < -0.3 is 15.8 Å². The third-order valence-corrected chi connectivity index (χ3v) is 5.13. The van der Waals surface area contributed by atoms with E-state index in [1.54, 1.807) is 35.4 Å². The van der Waals surface area contributed by atoms with E-state index >= 15 is 0 Å². The Morgan fingerprint density at radius 1 is 1.23 bits per heavy atom. The number of hydrazone groups is 1. The number of para-hydroxylation sites is 1. The summed E-state index contributed by atoms with van der Waals surface area (Å²) in [6.07, 6.45) is 1.75. The fraction of sp³-hybridized carbons (Fsp3) is 0.182. The minimum absolute atomic E-state index is 0.106. The Morgan fingerprint density at radius 2 is 1.94 bits per heavy atom. The number of ether oxygens (including phenoxy) is 1. The van der Waals surface area contributed by atoms with Gasteiger partial charge in [-0.1, -0.05) is 36.0 Å². The van der Waals surface area contributed by atoms with E-state index in [4.69, 9.17) is 10.5 Å². The van der Waals surface area contributed by atoms with Gasteiger partial charge in [-0.2, -0.15) is 4.99 Å². The van der Waals surface area contributed by atoms with Crippen molar-refractivity contribution in [3.05, 3.63) is 72.8 Å². The minimum Gasteiger partial charge on any atom is -0.441 e. The maximum atomic E-state index is 12.3. The molecule has 1 atom stereocenters. The summed E-state index contributed by atoms with van der Waals surface area (Å²) in [7, 11) is 0. The number of primary amides is 1. The number of rotatable bonds is 7. The Balaban J connectivity index is 1.64. The summed E-state index contributed by atoms with van der Waals surface area (Å²) in [5, 5.41) is 9.49. The maximum absolute atomic E-state index is 12.3. The molecule has 1 heterocycles. The molecule has 0 bridgehead atoms. The number of nitrogens with zero attached hydrogens (tertiary/aromatic N) is 3. The average molecular weight is 438 g/mol. The van der Waals surface area contributed by atoms with Crippen molar-refractivity contribution in [2.24, 2.45) is 15.8 Å². The van der Waals surface area contributed by atoms with Crippen LogP contribution >= 0.6 is 11.8 Å². The standard InChI is InChI=1S/C22H23N5O3S/c1-3-13-27-15(2)21(30-18-7-5-4-6-8-18)25-22(26-27)31-14-19(28)24-17-11-9-16(10-12-17)20(23)29/h3-12,15H,1,13-14H2,2H3,(H2,23,29)(H,24,28). The number of nitrogens with one attached hydrogen (secondary N) is 1. The van der Waals surface area contributed by atoms with Crippen molar-refractivity contribution in [2.75, 3.05) is 17.6 Å². The number of hydrogen-bond donors (Lipinski definition) is 2. The van der Waals surface area contributed by atoms with Crippen LogP contribution in [0.4, 0.5) is 5.69 Å². The van der Waals surface area contributed by atoms with Gasteiger partial charge in [0.2, 0.25) is 22.9 Å². The normalized spacial score (nSPS) is 15.5. The van der Waals surface area contributed by atoms with Crippen molar-refractivity contribution in [1.29, 1.82) is 0 Å². The molecule has 0 aromatic heterocycles. The van der Waals surface area contributed by atoms with E-state index in [1.165, 1.54) is 11.8 Å². The van der Waals surface area contributed by atoms with E-state index in [2.05, 4.69) is 22.0 Å². The largest absolute Gasteiger partial charge is 0.441 e. The van der Waals surface area contributed by atoms with Gasteiger partial charge >= 0.3 is 0 Å². The van der Waals surface area contributed by atoms with Crippen LogP contribution in [0.2, 0.25) is 0 Å². The molecule has 2 aromatic carbocycles. The molecular weight excluding hydrogens is 414 g/mol. The van der Waals surface area contributed by atoms with Crippen LogP contribution < -0.4 is 15.8 Å². The first-order chi connectivity index (χ1) is 15.0. The number of amidine groups is 1. The van der Waals surface area contributed by atoms with Gasteiger partial charge in [-0.15, -0.1) is 11.7 Å². The first-order valence-electron chi connectivity index (χ1n) is 9.56. The molecule has 31 heavy (non-hydrogen) atoms. The zero-order valence-corrected chi connectivity index (χ0v) is 17.8. The number of benzene rings is 2. The highest BCUT2D eigenvalue weighted by molar-refractivity contribution is 8.14. The van der Waals surface area contributed by atoms with Crippen LogP contribution in [0.3, 0.4) is 0 Å². The predicted molar refractivity (Wildman–Crippen MR) is 124 cm³/mol. The second-order valence-electron chi connectivity index (χ2n) is 6.61. The quantitative estimate of drug-likeness (QED) is 0.647. The molecule has 9 heteroatoms. The van der Waals surface area contributed by atoms with Crippen LogP contribution in [0.15, 0.2) is 77.3 Å². The monoisotopic (exact) mass is 437 g/mol. The van der Waals surface area contributed by atoms with Crippen LogP contribution in [0.5, 0.6) is 5.75 Å². The van der Waals surface area contributed by atoms with Crippen molar-refractivity contribution in [2.45, 2.75) is 13.0 Å². The third kappa shape index (κ3) is 6.19. The summed E-state index contributed by atoms with van der Waals surface area (Å²) < 4.78 is 5.95. The minimum atomic E-state index is -0.520. The number of amides is 2. The molecule has 0 saturated carbocycles. The van der Waals surface area contributed by atoms with Gasteiger partial charge in [0.25, 0.3) is 0 Å². The lowest BCUT2D eigenvalue weighted by Crippen LogP contribution is -2.42. The predicted octanol–water partition coefficient (Wildman–Crippen LogP) is 3.10. The lowest BCUT2D eigenvalue weighted by molar-refractivity contribution is -0.113. The molecule has 0 fully saturated rings. The van der Waals surface area contributed by atoms with Gasteiger partial charge in [0.1, 0.15) is 11.8 Å². The number of thioether (sulfide) groups is 1. The van der Waals surface area contributed by atoms with Crippen molar-refractivity contribution < 1.29 is 14.3 Å². The number of nitrogens with two attached hydrogens (primary N) is 1. The number of carbonyl (C=O) groups excluding carboxylic acids is 2. The zero-order chi connectivity index (χ0) is 22.2. The summed E-state index contributed by atoms with van der Waals surface area (Å²) in [6.45, 7) is 6.23. The molecule has 160 valence electrons. The van der Waals surface area contributed by atoms with Gasteiger partial charge in [-0.25, -0.2) is 0 Å². The average Bonchev–Trinajstić information content (AvgIpc) is 2.76. The summed E-state index contributed by atoms with van der Waals surface area (Å²) in [4.78, 5) is 28.0. The lowest BCUT2D eigenvalue weighted by atomic mass is 10.2. The van der Waals surface area contributed by atoms with E-state index in [0.717, 1.165) is 0 Å². The van der Waals surface area contributed by atoms with Crippen LogP contribution in [0, 0.1) is 0 Å². The second kappa shape index (κ2) is 10.4. The Kier molecular flexibility index (Phi) is 7.45. The topological polar surface area (TPSA) is 109 Å². The van der Waals surface area contributed by atoms with E-state index in [0.29, 0.717) is 34.6 Å². The highest BCUT2D eigenvalue weighted by atomic mass is 32.2. The fourth-order valence-electron chi connectivity index (χ4n) is 2.69. The van der Waals surface area contributed by atoms with Gasteiger partial charge in [0.05, 0.1) is 12.3 Å². The Morgan fingerprint density at radius 3 is 2.58 bits per heavy atom. The molecule has 1 aliphatic rings. The molecule has 0 radical (unpaired) electrons. The molecule has 0 spiro atoms. The summed E-state index contributed by atoms with van der Waals surface area (Å²) >= 11 is 1.20. The van der Waals surface area contributed by atoms with Crippen LogP contribution in [-0.2, 0) is 4.79 Å². The second-order valence-corrected chi connectivity index (χ2v) is 7.56. The lowest BCUT2D eigenvalue weighted by Gasteiger charge is -2.29. The smallest absolute Gasteiger partial charge is 0.248 e. The maximum Gasteiger partial charge on any atom is 0.248 e. The van der Waals surface area contributed by atoms with Crippen molar-refractivity contribution in [1.82, 2.24) is 5.01 Å². The third-order valence-electron chi connectivity index (χ3n) is 4.29. The number of anilines is 1. The summed E-state index contributed by atoms with van der Waals surface area (Å²) in [6, 6.07) is 15.6. The summed E-state index contributed by atoms with van der Waals surface area (Å²) in [5.41, 5.74) is 6.17. The van der Waals surface area contributed by atoms with E-state index in [1.807, 2.05) is 37.3 Å². The molecule has 1 unspecified atom stereocenters. The Hall–Kier alpha value is -3.59. The first kappa shape index (κ1) is 22.1. The highest BCUT2D eigenvalue weighted by Crippen LogP contribution is 2.20. The zero-order valence-electron chi connectivity index (χ0n) is 17.0. The van der Waals surface area contributed by atoms with Crippen LogP contribution in [0.25, 0.3) is 0 Å². The van der Waals surface area contributed by atoms with E-state index in [-0.39, 0.29) is 17.7 Å². The molecule has 8 nitrogen and oxygen atoms in total. The molecule has 2 aromatic rings. The van der Waals surface area contributed by atoms with Crippen molar-refractivity contribution in [3.8, 4) is 5.75 Å². The molecule has 2 amide bonds. The Bertz CT molecular complexity index is 1010. The number of hydrogen-bond acceptors (Lipinski definition) is 7. The number of carbonyl (C=O) groups is 2. The number of aliphatic imine (C=N–C) groups is 1. The molecular formula is C22H23N5O3S. The Labute approximate surface area is 184 Å². The van der Waals surface area contributed by atoms with Crippen LogP contribution in [0.1, 0.15) is 17.3 Å².